The van der Waals surface area contributed by atoms with Crippen LogP contribution in [-0.4, -0.2) is 40.6 Å². The van der Waals surface area contributed by atoms with E-state index >= 15 is 0 Å². The summed E-state index contributed by atoms with van der Waals surface area (Å²) >= 11 is 0. The fraction of sp³-hybridized carbons (Fsp3) is 0.200. The van der Waals surface area contributed by atoms with Gasteiger partial charge in [-0.2, -0.15) is 5.10 Å². The van der Waals surface area contributed by atoms with Crippen molar-refractivity contribution < 1.29 is 4.74 Å². The zero-order valence-electron chi connectivity index (χ0n) is 18.0. The number of amidine groups is 1. The van der Waals surface area contributed by atoms with Crippen LogP contribution in [0.15, 0.2) is 96.0 Å². The number of allylic oxidation sites excluding steroid dienone is 1. The molecule has 1 atom stereocenters. The van der Waals surface area contributed by atoms with Gasteiger partial charge in [-0.3, -0.25) is 5.41 Å². The molecule has 5 N–H and O–H groups in total. The number of piperidine rings is 1. The Bertz CT molecular complexity index is 1080. The van der Waals surface area contributed by atoms with Gasteiger partial charge in [-0.05, 0) is 55.3 Å². The van der Waals surface area contributed by atoms with Gasteiger partial charge in [0.15, 0.2) is 5.84 Å². The van der Waals surface area contributed by atoms with E-state index in [0.29, 0.717) is 23.6 Å². The van der Waals surface area contributed by atoms with E-state index < -0.39 is 0 Å². The normalized spacial score (nSPS) is 18.4. The monoisotopic (exact) mass is 428 g/mol. The third-order valence-corrected chi connectivity index (χ3v) is 5.69. The molecule has 7 nitrogen and oxygen atoms in total. The van der Waals surface area contributed by atoms with Gasteiger partial charge in [0.25, 0.3) is 0 Å². The lowest BCUT2D eigenvalue weighted by molar-refractivity contribution is 0.180. The Hall–Kier alpha value is -4.00. The van der Waals surface area contributed by atoms with Crippen LogP contribution in [-0.2, 0) is 0 Å². The van der Waals surface area contributed by atoms with E-state index in [1.54, 1.807) is 11.1 Å². The molecule has 4 rings (SSSR count). The fourth-order valence-electron chi connectivity index (χ4n) is 4.02. The van der Waals surface area contributed by atoms with Gasteiger partial charge in [-0.1, -0.05) is 31.4 Å². The zero-order valence-corrected chi connectivity index (χ0v) is 18.0. The number of ether oxygens (including phenoxy) is 1. The molecule has 32 heavy (non-hydrogen) atoms. The Labute approximate surface area is 188 Å². The van der Waals surface area contributed by atoms with Crippen LogP contribution in [0.25, 0.3) is 0 Å². The molecule has 1 saturated heterocycles. The van der Waals surface area contributed by atoms with Gasteiger partial charge in [0, 0.05) is 24.4 Å². The molecule has 0 saturated carbocycles. The number of nitrogens with one attached hydrogen (secondary N) is 1. The smallest absolute Gasteiger partial charge is 0.154 e. The van der Waals surface area contributed by atoms with E-state index in [9.17, 15) is 0 Å². The molecule has 0 radical (unpaired) electrons. The Morgan fingerprint density at radius 2 is 1.78 bits per heavy atom. The molecule has 2 aliphatic heterocycles. The van der Waals surface area contributed by atoms with Crippen LogP contribution in [0, 0.1) is 5.41 Å². The van der Waals surface area contributed by atoms with E-state index in [1.165, 1.54) is 0 Å². The lowest BCUT2D eigenvalue weighted by Gasteiger charge is -2.37. The highest BCUT2D eigenvalue weighted by Crippen LogP contribution is 2.29. The van der Waals surface area contributed by atoms with Gasteiger partial charge in [-0.25, -0.2) is 5.01 Å². The Morgan fingerprint density at radius 3 is 2.44 bits per heavy atom. The average Bonchev–Trinajstić information content (AvgIpc) is 3.17. The number of hydrogen-bond acceptors (Lipinski definition) is 6. The van der Waals surface area contributed by atoms with Gasteiger partial charge in [0.05, 0.1) is 11.6 Å². The van der Waals surface area contributed by atoms with Gasteiger partial charge in [0.1, 0.15) is 23.0 Å². The third kappa shape index (κ3) is 4.23. The number of hydrazone groups is 1. The summed E-state index contributed by atoms with van der Waals surface area (Å²) in [5.74, 6) is 1.79. The molecular weight excluding hydrogens is 400 g/mol. The Kier molecular flexibility index (Phi) is 5.98. The first-order valence-electron chi connectivity index (χ1n) is 10.6. The molecule has 164 valence electrons. The second-order valence-corrected chi connectivity index (χ2v) is 7.85. The van der Waals surface area contributed by atoms with Crippen molar-refractivity contribution in [1.82, 2.24) is 9.91 Å². The predicted octanol–water partition coefficient (Wildman–Crippen LogP) is 3.77. The van der Waals surface area contributed by atoms with Crippen LogP contribution >= 0.6 is 0 Å². The van der Waals surface area contributed by atoms with Gasteiger partial charge >= 0.3 is 0 Å². The summed E-state index contributed by atoms with van der Waals surface area (Å²) in [6.45, 7) is 9.51. The summed E-state index contributed by atoms with van der Waals surface area (Å²) in [6.07, 6.45) is 3.66. The summed E-state index contributed by atoms with van der Waals surface area (Å²) in [5, 5.41) is 15.2. The number of rotatable bonds is 6. The largest absolute Gasteiger partial charge is 0.457 e. The average molecular weight is 429 g/mol. The van der Waals surface area contributed by atoms with E-state index in [-0.39, 0.29) is 17.7 Å². The summed E-state index contributed by atoms with van der Waals surface area (Å²) in [7, 11) is 0. The molecule has 2 aromatic rings. The topological polar surface area (TPSA) is 104 Å². The Morgan fingerprint density at radius 1 is 1.09 bits per heavy atom. The third-order valence-electron chi connectivity index (χ3n) is 5.69. The van der Waals surface area contributed by atoms with E-state index in [2.05, 4.69) is 18.1 Å². The maximum atomic E-state index is 8.73. The molecule has 0 amide bonds. The first kappa shape index (κ1) is 21.2. The minimum absolute atomic E-state index is 0.0282. The summed E-state index contributed by atoms with van der Waals surface area (Å²) in [4.78, 5) is 2.17. The highest BCUT2D eigenvalue weighted by Gasteiger charge is 2.36. The van der Waals surface area contributed by atoms with Crippen molar-refractivity contribution in [1.29, 1.82) is 5.41 Å². The van der Waals surface area contributed by atoms with Crippen molar-refractivity contribution in [2.45, 2.75) is 18.9 Å². The number of likely N-dealkylation sites (tertiary alicyclic amines) is 1. The summed E-state index contributed by atoms with van der Waals surface area (Å²) in [5.41, 5.74) is 14.7. The standard InChI is InChI=1S/C25H28N6O/c1-3-17(2)30-15-7-8-19(16-30)31-25(28)22(24(26)27)23(29-31)18-11-13-21(14-12-18)32-20-9-5-4-6-10-20/h3-6,9-14,19,28H,1-2,7-8,15-16,26-27H2. The summed E-state index contributed by atoms with van der Waals surface area (Å²) in [6, 6.07) is 17.2. The highest BCUT2D eigenvalue weighted by atomic mass is 16.5. The van der Waals surface area contributed by atoms with Crippen molar-refractivity contribution in [3.63, 3.8) is 0 Å². The SMILES string of the molecule is C=CC(=C)N1CCCC(N2N=C(c3ccc(Oc4ccccc4)cc3)C(=C(N)N)C2=N)C1. The van der Waals surface area contributed by atoms with Crippen molar-refractivity contribution in [2.75, 3.05) is 13.1 Å². The van der Waals surface area contributed by atoms with E-state index in [1.807, 2.05) is 54.6 Å². The maximum Gasteiger partial charge on any atom is 0.154 e. The van der Waals surface area contributed by atoms with Crippen LogP contribution in [0.2, 0.25) is 0 Å². The minimum atomic E-state index is 0.0282. The molecule has 2 heterocycles. The van der Waals surface area contributed by atoms with Gasteiger partial charge in [-0.15, -0.1) is 0 Å². The van der Waals surface area contributed by atoms with Crippen LogP contribution in [0.3, 0.4) is 0 Å². The predicted molar refractivity (Wildman–Crippen MR) is 128 cm³/mol. The lowest BCUT2D eigenvalue weighted by Crippen LogP contribution is -2.46. The lowest BCUT2D eigenvalue weighted by atomic mass is 10.0. The van der Waals surface area contributed by atoms with Crippen molar-refractivity contribution in [2.24, 2.45) is 16.6 Å². The Balaban J connectivity index is 1.59. The molecule has 1 unspecified atom stereocenters. The van der Waals surface area contributed by atoms with Gasteiger partial charge in [0.2, 0.25) is 0 Å². The minimum Gasteiger partial charge on any atom is -0.457 e. The van der Waals surface area contributed by atoms with Crippen LogP contribution < -0.4 is 16.2 Å². The highest BCUT2D eigenvalue weighted by molar-refractivity contribution is 6.32. The molecular formula is C25H28N6O. The molecule has 0 bridgehead atoms. The molecule has 2 aromatic carbocycles. The number of hydrogen-bond donors (Lipinski definition) is 3. The number of benzene rings is 2. The fourth-order valence-corrected chi connectivity index (χ4v) is 4.02. The van der Waals surface area contributed by atoms with Crippen molar-refractivity contribution in [3.8, 4) is 11.5 Å². The maximum absolute atomic E-state index is 8.73. The van der Waals surface area contributed by atoms with E-state index in [4.69, 9.17) is 26.7 Å². The van der Waals surface area contributed by atoms with Crippen molar-refractivity contribution >= 4 is 11.5 Å². The molecule has 1 fully saturated rings. The number of nitrogens with two attached hydrogens (primary N) is 2. The number of nitrogens with zero attached hydrogens (tertiary/aromatic N) is 3. The summed E-state index contributed by atoms with van der Waals surface area (Å²) < 4.78 is 5.88. The first-order chi connectivity index (χ1) is 15.5. The zero-order chi connectivity index (χ0) is 22.7. The molecule has 0 aliphatic carbocycles. The molecule has 0 aromatic heterocycles. The molecule has 0 spiro atoms. The van der Waals surface area contributed by atoms with Gasteiger partial charge < -0.3 is 21.1 Å². The molecule has 7 heteroatoms. The number of para-hydroxylation sites is 1. The molecule has 2 aliphatic rings. The van der Waals surface area contributed by atoms with Crippen molar-refractivity contribution in [3.05, 3.63) is 96.5 Å². The quantitative estimate of drug-likeness (QED) is 0.608. The second-order valence-electron chi connectivity index (χ2n) is 7.85. The van der Waals surface area contributed by atoms with Crippen LogP contribution in [0.4, 0.5) is 0 Å². The van der Waals surface area contributed by atoms with E-state index in [0.717, 1.165) is 36.4 Å². The van der Waals surface area contributed by atoms with Crippen LogP contribution in [0.1, 0.15) is 18.4 Å². The van der Waals surface area contributed by atoms with Crippen LogP contribution in [0.5, 0.6) is 11.5 Å². The second kappa shape index (κ2) is 9.01. The first-order valence-corrected chi connectivity index (χ1v) is 10.6.